The molecule has 0 saturated carbocycles. The first-order valence-electron chi connectivity index (χ1n) is 6.33. The summed E-state index contributed by atoms with van der Waals surface area (Å²) in [6, 6.07) is 2.78. The second kappa shape index (κ2) is 4.97. The molecule has 3 rings (SSSR count). The lowest BCUT2D eigenvalue weighted by Crippen LogP contribution is -2.07. The van der Waals surface area contributed by atoms with E-state index in [1.54, 1.807) is 30.2 Å². The molecule has 0 N–H and O–H groups in total. The third kappa shape index (κ3) is 2.59. The van der Waals surface area contributed by atoms with Crippen LogP contribution in [0.15, 0.2) is 24.5 Å². The average molecular weight is 311 g/mol. The third-order valence-corrected chi connectivity index (χ3v) is 3.21. The molecule has 0 fully saturated rings. The van der Waals surface area contributed by atoms with E-state index in [4.69, 9.17) is 0 Å². The Labute approximate surface area is 123 Å². The van der Waals surface area contributed by atoms with E-state index in [1.165, 1.54) is 16.4 Å². The first-order chi connectivity index (χ1) is 10.3. The lowest BCUT2D eigenvalue weighted by molar-refractivity contribution is -0.141. The Hall–Kier alpha value is -2.65. The molecule has 0 unspecified atom stereocenters. The maximum Gasteiger partial charge on any atom is 0.435 e. The zero-order valence-corrected chi connectivity index (χ0v) is 11.8. The third-order valence-electron chi connectivity index (χ3n) is 3.21. The molecular formula is C12H12F3N7. The predicted molar refractivity (Wildman–Crippen MR) is 69.5 cm³/mol. The summed E-state index contributed by atoms with van der Waals surface area (Å²) < 4.78 is 42.2. The standard InChI is InChI=1S/C12H12F3N7/c1-20-8(5-11(18-20)12(13,14)15)6-22-7-9(17-19-22)10-3-4-16-21(10)2/h3-5,7H,6H2,1-2H3. The number of nitrogens with zero attached hydrogens (tertiary/aromatic N) is 7. The van der Waals surface area contributed by atoms with E-state index in [9.17, 15) is 13.2 Å². The van der Waals surface area contributed by atoms with Gasteiger partial charge in [0.2, 0.25) is 0 Å². The van der Waals surface area contributed by atoms with Crippen molar-refractivity contribution in [2.24, 2.45) is 14.1 Å². The Balaban J connectivity index is 1.84. The van der Waals surface area contributed by atoms with E-state index >= 15 is 0 Å². The SMILES string of the molecule is Cn1nc(C(F)(F)F)cc1Cn1cc(-c2ccnn2C)nn1. The zero-order valence-electron chi connectivity index (χ0n) is 11.8. The topological polar surface area (TPSA) is 66.3 Å². The van der Waals surface area contributed by atoms with Crippen molar-refractivity contribution in [1.29, 1.82) is 0 Å². The Kier molecular flexibility index (Phi) is 3.23. The number of rotatable bonds is 3. The normalized spacial score (nSPS) is 12.0. The number of aromatic nitrogens is 7. The highest BCUT2D eigenvalue weighted by molar-refractivity contribution is 5.51. The Morgan fingerprint density at radius 1 is 1.18 bits per heavy atom. The number of hydrogen-bond donors (Lipinski definition) is 0. The van der Waals surface area contributed by atoms with E-state index in [1.807, 2.05) is 0 Å². The summed E-state index contributed by atoms with van der Waals surface area (Å²) in [4.78, 5) is 0. The molecule has 0 atom stereocenters. The molecule has 0 bridgehead atoms. The molecule has 3 aromatic heterocycles. The summed E-state index contributed by atoms with van der Waals surface area (Å²) in [7, 11) is 3.23. The van der Waals surface area contributed by atoms with E-state index < -0.39 is 11.9 Å². The first kappa shape index (κ1) is 14.3. The zero-order chi connectivity index (χ0) is 15.9. The summed E-state index contributed by atoms with van der Waals surface area (Å²) in [5.41, 5.74) is 0.830. The van der Waals surface area contributed by atoms with E-state index in [2.05, 4.69) is 20.5 Å². The van der Waals surface area contributed by atoms with Gasteiger partial charge in [0.15, 0.2) is 5.69 Å². The maximum absolute atomic E-state index is 12.6. The molecule has 3 aromatic rings. The molecule has 22 heavy (non-hydrogen) atoms. The molecule has 0 spiro atoms. The van der Waals surface area contributed by atoms with Gasteiger partial charge in [0, 0.05) is 20.3 Å². The number of alkyl halides is 3. The average Bonchev–Trinajstić information content (AvgIpc) is 3.11. The molecular weight excluding hydrogens is 299 g/mol. The molecule has 116 valence electrons. The molecule has 0 aliphatic heterocycles. The van der Waals surface area contributed by atoms with Crippen LogP contribution < -0.4 is 0 Å². The minimum Gasteiger partial charge on any atom is -0.270 e. The Bertz CT molecular complexity index is 796. The van der Waals surface area contributed by atoms with Gasteiger partial charge in [0.05, 0.1) is 24.1 Å². The van der Waals surface area contributed by atoms with Crippen LogP contribution in [0.2, 0.25) is 0 Å². The summed E-state index contributed by atoms with van der Waals surface area (Å²) in [6.45, 7) is 0.143. The molecule has 7 nitrogen and oxygen atoms in total. The van der Waals surface area contributed by atoms with Gasteiger partial charge < -0.3 is 0 Å². The highest BCUT2D eigenvalue weighted by Gasteiger charge is 2.34. The molecule has 10 heteroatoms. The molecule has 0 radical (unpaired) electrons. The fourth-order valence-electron chi connectivity index (χ4n) is 2.08. The van der Waals surface area contributed by atoms with Gasteiger partial charge in [0.25, 0.3) is 0 Å². The van der Waals surface area contributed by atoms with Crippen molar-refractivity contribution in [1.82, 2.24) is 34.6 Å². The second-order valence-electron chi connectivity index (χ2n) is 4.78. The van der Waals surface area contributed by atoms with Crippen molar-refractivity contribution in [3.05, 3.63) is 35.9 Å². The first-order valence-corrected chi connectivity index (χ1v) is 6.33. The number of aryl methyl sites for hydroxylation is 2. The van der Waals surface area contributed by atoms with Gasteiger partial charge in [-0.1, -0.05) is 5.21 Å². The number of halogens is 3. The molecule has 0 amide bonds. The van der Waals surface area contributed by atoms with Crippen LogP contribution in [0.25, 0.3) is 11.4 Å². The highest BCUT2D eigenvalue weighted by Crippen LogP contribution is 2.28. The summed E-state index contributed by atoms with van der Waals surface area (Å²) in [6.07, 6.45) is -1.18. The number of hydrogen-bond acceptors (Lipinski definition) is 4. The van der Waals surface area contributed by atoms with Gasteiger partial charge in [-0.3, -0.25) is 9.36 Å². The van der Waals surface area contributed by atoms with Crippen molar-refractivity contribution in [2.45, 2.75) is 12.7 Å². The highest BCUT2D eigenvalue weighted by atomic mass is 19.4. The minimum atomic E-state index is -4.46. The van der Waals surface area contributed by atoms with Crippen LogP contribution in [0.3, 0.4) is 0 Å². The lowest BCUT2D eigenvalue weighted by Gasteiger charge is -2.00. The van der Waals surface area contributed by atoms with Gasteiger partial charge >= 0.3 is 6.18 Å². The van der Waals surface area contributed by atoms with Gasteiger partial charge in [-0.05, 0) is 12.1 Å². The summed E-state index contributed by atoms with van der Waals surface area (Å²) in [5.74, 6) is 0. The van der Waals surface area contributed by atoms with Crippen LogP contribution in [0.4, 0.5) is 13.2 Å². The van der Waals surface area contributed by atoms with Gasteiger partial charge in [-0.15, -0.1) is 5.10 Å². The minimum absolute atomic E-state index is 0.143. The molecule has 0 saturated heterocycles. The van der Waals surface area contributed by atoms with E-state index in [0.717, 1.165) is 11.8 Å². The van der Waals surface area contributed by atoms with Crippen LogP contribution in [-0.2, 0) is 26.8 Å². The van der Waals surface area contributed by atoms with Crippen molar-refractivity contribution in [3.8, 4) is 11.4 Å². The smallest absolute Gasteiger partial charge is 0.270 e. The van der Waals surface area contributed by atoms with Gasteiger partial charge in [-0.25, -0.2) is 4.68 Å². The van der Waals surface area contributed by atoms with Gasteiger partial charge in [-0.2, -0.15) is 23.4 Å². The fourth-order valence-corrected chi connectivity index (χ4v) is 2.08. The second-order valence-corrected chi connectivity index (χ2v) is 4.78. The fraction of sp³-hybridized carbons (Fsp3) is 0.333. The van der Waals surface area contributed by atoms with Crippen molar-refractivity contribution in [3.63, 3.8) is 0 Å². The summed E-state index contributed by atoms with van der Waals surface area (Å²) in [5, 5.41) is 15.4. The van der Waals surface area contributed by atoms with Crippen molar-refractivity contribution < 1.29 is 13.2 Å². The van der Waals surface area contributed by atoms with E-state index in [-0.39, 0.29) is 6.54 Å². The quantitative estimate of drug-likeness (QED) is 0.735. The largest absolute Gasteiger partial charge is 0.435 e. The maximum atomic E-state index is 12.6. The predicted octanol–water partition coefficient (Wildman–Crippen LogP) is 1.48. The van der Waals surface area contributed by atoms with Crippen LogP contribution in [-0.4, -0.2) is 34.6 Å². The molecule has 0 aromatic carbocycles. The monoisotopic (exact) mass is 311 g/mol. The molecule has 3 heterocycles. The molecule has 0 aliphatic rings. The molecule has 0 aliphatic carbocycles. The Morgan fingerprint density at radius 3 is 2.55 bits per heavy atom. The van der Waals surface area contributed by atoms with Crippen LogP contribution in [0.5, 0.6) is 0 Å². The van der Waals surface area contributed by atoms with E-state index in [0.29, 0.717) is 11.4 Å². The van der Waals surface area contributed by atoms with Crippen molar-refractivity contribution in [2.75, 3.05) is 0 Å². The van der Waals surface area contributed by atoms with Crippen molar-refractivity contribution >= 4 is 0 Å². The summed E-state index contributed by atoms with van der Waals surface area (Å²) >= 11 is 0. The van der Waals surface area contributed by atoms with Crippen LogP contribution >= 0.6 is 0 Å². The van der Waals surface area contributed by atoms with Gasteiger partial charge in [0.1, 0.15) is 5.69 Å². The van der Waals surface area contributed by atoms with Crippen LogP contribution in [0, 0.1) is 0 Å². The Morgan fingerprint density at radius 2 is 1.95 bits per heavy atom. The lowest BCUT2D eigenvalue weighted by atomic mass is 10.3. The van der Waals surface area contributed by atoms with Crippen LogP contribution in [0.1, 0.15) is 11.4 Å².